The van der Waals surface area contributed by atoms with E-state index < -0.39 is 0 Å². The van der Waals surface area contributed by atoms with Crippen molar-refractivity contribution in [3.63, 3.8) is 0 Å². The van der Waals surface area contributed by atoms with Crippen LogP contribution in [0.4, 0.5) is 17.3 Å². The molecule has 1 heterocycles. The first kappa shape index (κ1) is 20.5. The van der Waals surface area contributed by atoms with Gasteiger partial charge < -0.3 is 22.5 Å². The Morgan fingerprint density at radius 1 is 1.15 bits per heavy atom. The third-order valence-corrected chi connectivity index (χ3v) is 4.87. The first-order valence-electron chi connectivity index (χ1n) is 9.51. The van der Waals surface area contributed by atoms with Crippen molar-refractivity contribution in [1.82, 2.24) is 10.3 Å². The van der Waals surface area contributed by atoms with Crippen LogP contribution in [0.15, 0.2) is 30.3 Å². The summed E-state index contributed by atoms with van der Waals surface area (Å²) in [4.78, 5) is 4.05. The average Bonchev–Trinajstić information content (AvgIpc) is 2.67. The highest BCUT2D eigenvalue weighted by Crippen LogP contribution is 2.35. The second-order valence-electron chi connectivity index (χ2n) is 7.01. The summed E-state index contributed by atoms with van der Waals surface area (Å²) in [6.07, 6.45) is 4.42. The molecule has 6 nitrogen and oxygen atoms in total. The molecule has 27 heavy (non-hydrogen) atoms. The minimum absolute atomic E-state index is 0.0243. The largest absolute Gasteiger partial charge is 0.396 e. The van der Waals surface area contributed by atoms with E-state index in [2.05, 4.69) is 30.2 Å². The third kappa shape index (κ3) is 5.60. The molecule has 7 N–H and O–H groups in total. The molecule has 0 aliphatic rings. The number of hydrogen-bond donors (Lipinski definition) is 4. The summed E-state index contributed by atoms with van der Waals surface area (Å²) < 4.78 is 0. The molecular weight excluding hydrogens is 336 g/mol. The summed E-state index contributed by atoms with van der Waals surface area (Å²) in [5.41, 5.74) is 21.1. The molecule has 0 spiro atoms. The van der Waals surface area contributed by atoms with Gasteiger partial charge >= 0.3 is 0 Å². The molecule has 2 aromatic rings. The molecule has 0 aliphatic carbocycles. The Morgan fingerprint density at radius 2 is 1.85 bits per heavy atom. The van der Waals surface area contributed by atoms with E-state index in [0.717, 1.165) is 30.5 Å². The van der Waals surface area contributed by atoms with Gasteiger partial charge in [0.15, 0.2) is 0 Å². The minimum Gasteiger partial charge on any atom is -0.396 e. The number of unbranched alkanes of at least 4 members (excludes halogenated alkanes) is 1. The predicted octanol–water partition coefficient (Wildman–Crippen LogP) is 3.39. The molecule has 1 aromatic heterocycles. The second kappa shape index (κ2) is 9.79. The van der Waals surface area contributed by atoms with Crippen LogP contribution in [-0.4, -0.2) is 17.6 Å². The molecule has 0 aliphatic heterocycles. The first-order chi connectivity index (χ1) is 13.0. The summed E-state index contributed by atoms with van der Waals surface area (Å²) in [6.45, 7) is 5.26. The van der Waals surface area contributed by atoms with Gasteiger partial charge in [-0.2, -0.15) is 5.26 Å². The Bertz CT molecular complexity index is 778. The number of anilines is 3. The standard InChI is InChI=1S/C21H30N6/c1-3-4-5-14(2)26-11-10-17(16-8-6-15(13-22)7-9-16)18-12-19(23)27-21(25)20(18)24/h6-9,12,14,17,26H,3-5,10-11,24H2,1-2H3,(H4,23,25,27). The fourth-order valence-electron chi connectivity index (χ4n) is 3.28. The van der Waals surface area contributed by atoms with Crippen LogP contribution >= 0.6 is 0 Å². The van der Waals surface area contributed by atoms with Crippen LogP contribution in [-0.2, 0) is 0 Å². The molecule has 2 rings (SSSR count). The highest BCUT2D eigenvalue weighted by molar-refractivity contribution is 5.68. The highest BCUT2D eigenvalue weighted by atomic mass is 14.9. The van der Waals surface area contributed by atoms with Gasteiger partial charge in [-0.05, 0) is 55.6 Å². The monoisotopic (exact) mass is 366 g/mol. The van der Waals surface area contributed by atoms with E-state index in [0.29, 0.717) is 23.1 Å². The Kier molecular flexibility index (Phi) is 7.44. The number of aromatic nitrogens is 1. The van der Waals surface area contributed by atoms with Crippen molar-refractivity contribution in [3.8, 4) is 6.07 Å². The van der Waals surface area contributed by atoms with Crippen LogP contribution in [0.2, 0.25) is 0 Å². The SMILES string of the molecule is CCCCC(C)NCCC(c1ccc(C#N)cc1)c1cc(N)nc(N)c1N. The number of nitrogens with two attached hydrogens (primary N) is 3. The number of nitrogen functional groups attached to an aromatic ring is 3. The van der Waals surface area contributed by atoms with Gasteiger partial charge in [-0.3, -0.25) is 0 Å². The number of rotatable bonds is 9. The van der Waals surface area contributed by atoms with Crippen LogP contribution in [0, 0.1) is 11.3 Å². The topological polar surface area (TPSA) is 127 Å². The quantitative estimate of drug-likeness (QED) is 0.539. The van der Waals surface area contributed by atoms with Gasteiger partial charge in [0.2, 0.25) is 0 Å². The van der Waals surface area contributed by atoms with Crippen LogP contribution in [0.3, 0.4) is 0 Å². The van der Waals surface area contributed by atoms with Crippen LogP contribution in [0.1, 0.15) is 62.1 Å². The molecule has 0 amide bonds. The number of pyridine rings is 1. The zero-order chi connectivity index (χ0) is 19.8. The molecule has 0 saturated carbocycles. The smallest absolute Gasteiger partial charge is 0.149 e. The molecule has 6 heteroatoms. The lowest BCUT2D eigenvalue weighted by atomic mass is 9.87. The van der Waals surface area contributed by atoms with Crippen molar-refractivity contribution < 1.29 is 0 Å². The molecule has 0 radical (unpaired) electrons. The van der Waals surface area contributed by atoms with E-state index in [-0.39, 0.29) is 11.7 Å². The Hall–Kier alpha value is -2.78. The maximum atomic E-state index is 9.05. The van der Waals surface area contributed by atoms with E-state index >= 15 is 0 Å². The molecule has 0 saturated heterocycles. The summed E-state index contributed by atoms with van der Waals surface area (Å²) in [5.74, 6) is 0.642. The number of benzene rings is 1. The van der Waals surface area contributed by atoms with Gasteiger partial charge in [0.25, 0.3) is 0 Å². The van der Waals surface area contributed by atoms with E-state index in [1.54, 1.807) is 6.07 Å². The Labute approximate surface area is 161 Å². The molecule has 2 atom stereocenters. The van der Waals surface area contributed by atoms with E-state index in [1.807, 2.05) is 24.3 Å². The highest BCUT2D eigenvalue weighted by Gasteiger charge is 2.20. The van der Waals surface area contributed by atoms with Gasteiger partial charge in [-0.1, -0.05) is 31.9 Å². The van der Waals surface area contributed by atoms with Crippen molar-refractivity contribution in [2.24, 2.45) is 0 Å². The summed E-state index contributed by atoms with van der Waals surface area (Å²) >= 11 is 0. The fraction of sp³-hybridized carbons (Fsp3) is 0.429. The normalized spacial score (nSPS) is 13.1. The molecular formula is C21H30N6. The maximum absolute atomic E-state index is 9.05. The van der Waals surface area contributed by atoms with Gasteiger partial charge in [0.05, 0.1) is 17.3 Å². The van der Waals surface area contributed by atoms with Gasteiger partial charge in [0.1, 0.15) is 11.6 Å². The third-order valence-electron chi connectivity index (χ3n) is 4.87. The van der Waals surface area contributed by atoms with Crippen LogP contribution < -0.4 is 22.5 Å². The number of nitrogens with zero attached hydrogens (tertiary/aromatic N) is 2. The molecule has 1 aromatic carbocycles. The van der Waals surface area contributed by atoms with Gasteiger partial charge in [0, 0.05) is 12.0 Å². The second-order valence-corrected chi connectivity index (χ2v) is 7.01. The number of nitrogens with one attached hydrogen (secondary N) is 1. The Morgan fingerprint density at radius 3 is 2.48 bits per heavy atom. The zero-order valence-corrected chi connectivity index (χ0v) is 16.2. The molecule has 144 valence electrons. The fourth-order valence-corrected chi connectivity index (χ4v) is 3.28. The van der Waals surface area contributed by atoms with E-state index in [9.17, 15) is 0 Å². The first-order valence-corrected chi connectivity index (χ1v) is 9.51. The summed E-state index contributed by atoms with van der Waals surface area (Å²) in [5, 5.41) is 12.6. The molecule has 2 unspecified atom stereocenters. The van der Waals surface area contributed by atoms with E-state index in [1.165, 1.54) is 12.8 Å². The van der Waals surface area contributed by atoms with Crippen molar-refractivity contribution in [1.29, 1.82) is 5.26 Å². The maximum Gasteiger partial charge on any atom is 0.149 e. The summed E-state index contributed by atoms with van der Waals surface area (Å²) in [6, 6.07) is 12.0. The van der Waals surface area contributed by atoms with Crippen molar-refractivity contribution in [2.45, 2.75) is 51.5 Å². The molecule has 0 fully saturated rings. The average molecular weight is 367 g/mol. The van der Waals surface area contributed by atoms with Crippen molar-refractivity contribution in [3.05, 3.63) is 47.0 Å². The van der Waals surface area contributed by atoms with Gasteiger partial charge in [-0.25, -0.2) is 4.98 Å². The van der Waals surface area contributed by atoms with E-state index in [4.69, 9.17) is 22.5 Å². The van der Waals surface area contributed by atoms with Crippen LogP contribution in [0.25, 0.3) is 0 Å². The number of hydrogen-bond acceptors (Lipinski definition) is 6. The zero-order valence-electron chi connectivity index (χ0n) is 16.2. The Balaban J connectivity index is 2.25. The minimum atomic E-state index is 0.0243. The van der Waals surface area contributed by atoms with Crippen molar-refractivity contribution in [2.75, 3.05) is 23.7 Å². The van der Waals surface area contributed by atoms with Crippen molar-refractivity contribution >= 4 is 17.3 Å². The lowest BCUT2D eigenvalue weighted by Gasteiger charge is -2.22. The summed E-state index contributed by atoms with van der Waals surface area (Å²) in [7, 11) is 0. The van der Waals surface area contributed by atoms with Gasteiger partial charge in [-0.15, -0.1) is 0 Å². The lowest BCUT2D eigenvalue weighted by molar-refractivity contribution is 0.481. The number of nitriles is 1. The lowest BCUT2D eigenvalue weighted by Crippen LogP contribution is -2.28. The van der Waals surface area contributed by atoms with Crippen LogP contribution in [0.5, 0.6) is 0 Å². The molecule has 0 bridgehead atoms. The predicted molar refractivity (Wildman–Crippen MR) is 112 cm³/mol.